The highest BCUT2D eigenvalue weighted by atomic mass is 35.5. The van der Waals surface area contributed by atoms with E-state index < -0.39 is 21.4 Å². The van der Waals surface area contributed by atoms with Crippen LogP contribution in [-0.2, 0) is 19.6 Å². The molecule has 3 rings (SSSR count). The predicted octanol–water partition coefficient (Wildman–Crippen LogP) is 1.46. The van der Waals surface area contributed by atoms with Gasteiger partial charge in [-0.3, -0.25) is 4.79 Å². The quantitative estimate of drug-likeness (QED) is 0.856. The number of nitrogens with zero attached hydrogens (tertiary/aromatic N) is 1. The monoisotopic (exact) mass is 375 g/mol. The molecule has 2 atom stereocenters. The van der Waals surface area contributed by atoms with Crippen LogP contribution in [0.1, 0.15) is 6.42 Å². The summed E-state index contributed by atoms with van der Waals surface area (Å²) in [7, 11) is -2.40. The van der Waals surface area contributed by atoms with E-state index in [9.17, 15) is 18.3 Å². The van der Waals surface area contributed by atoms with Gasteiger partial charge >= 0.3 is 5.97 Å². The molecule has 0 spiro atoms. The van der Waals surface area contributed by atoms with Crippen molar-refractivity contribution in [2.75, 3.05) is 33.4 Å². The molecule has 1 aromatic carbocycles. The lowest BCUT2D eigenvalue weighted by Crippen LogP contribution is -2.45. The van der Waals surface area contributed by atoms with Crippen LogP contribution in [0.15, 0.2) is 23.1 Å². The topological polar surface area (TPSA) is 93.1 Å². The summed E-state index contributed by atoms with van der Waals surface area (Å²) in [6.07, 6.45) is 0.308. The number of sulfonamides is 1. The lowest BCUT2D eigenvalue weighted by Gasteiger charge is -2.34. The minimum atomic E-state index is -3.84. The van der Waals surface area contributed by atoms with E-state index in [-0.39, 0.29) is 35.5 Å². The average Bonchev–Trinajstić information content (AvgIpc) is 2.96. The first-order valence-electron chi connectivity index (χ1n) is 7.46. The van der Waals surface area contributed by atoms with E-state index in [0.29, 0.717) is 18.8 Å². The number of methoxy groups -OCH3 is 1. The molecule has 2 fully saturated rings. The Labute approximate surface area is 145 Å². The van der Waals surface area contributed by atoms with Crippen molar-refractivity contribution in [3.8, 4) is 5.75 Å². The summed E-state index contributed by atoms with van der Waals surface area (Å²) >= 11 is 6.02. The van der Waals surface area contributed by atoms with Crippen molar-refractivity contribution in [3.05, 3.63) is 23.2 Å². The van der Waals surface area contributed by atoms with Crippen LogP contribution in [0.4, 0.5) is 0 Å². The molecule has 2 saturated heterocycles. The second-order valence-corrected chi connectivity index (χ2v) is 8.42. The van der Waals surface area contributed by atoms with Crippen LogP contribution in [0.2, 0.25) is 5.02 Å². The van der Waals surface area contributed by atoms with Gasteiger partial charge in [0.2, 0.25) is 10.0 Å². The van der Waals surface area contributed by atoms with Crippen LogP contribution in [0.3, 0.4) is 0 Å². The first-order valence-corrected chi connectivity index (χ1v) is 9.28. The van der Waals surface area contributed by atoms with E-state index in [2.05, 4.69) is 0 Å². The van der Waals surface area contributed by atoms with Gasteiger partial charge in [-0.25, -0.2) is 8.42 Å². The summed E-state index contributed by atoms with van der Waals surface area (Å²) in [5.41, 5.74) is -1.08. The number of aliphatic carboxylic acids is 1. The minimum Gasteiger partial charge on any atom is -0.495 e. The Bertz CT molecular complexity index is 767. The number of halogens is 1. The molecule has 9 heteroatoms. The van der Waals surface area contributed by atoms with Gasteiger partial charge in [-0.05, 0) is 24.6 Å². The Morgan fingerprint density at radius 3 is 2.83 bits per heavy atom. The number of hydrogen-bond donors (Lipinski definition) is 1. The van der Waals surface area contributed by atoms with Gasteiger partial charge in [0.25, 0.3) is 0 Å². The minimum absolute atomic E-state index is 0.0217. The predicted molar refractivity (Wildman–Crippen MR) is 85.8 cm³/mol. The smallest absolute Gasteiger partial charge is 0.311 e. The number of carboxylic acid groups (broad SMARTS) is 1. The SMILES string of the molecule is COc1ccc(S(=O)(=O)N2C[C@@H]3COCC[C@]3(C(=O)O)C2)cc1Cl. The van der Waals surface area contributed by atoms with E-state index in [1.807, 2.05) is 0 Å². The maximum absolute atomic E-state index is 12.9. The highest BCUT2D eigenvalue weighted by molar-refractivity contribution is 7.89. The molecule has 2 aliphatic heterocycles. The molecule has 0 unspecified atom stereocenters. The third-order valence-corrected chi connectivity index (χ3v) is 6.97. The van der Waals surface area contributed by atoms with E-state index in [1.165, 1.54) is 29.6 Å². The Hall–Kier alpha value is -1.35. The van der Waals surface area contributed by atoms with Crippen LogP contribution in [-0.4, -0.2) is 57.2 Å². The zero-order chi connectivity index (χ0) is 17.5. The Kier molecular flexibility index (Phi) is 4.50. The van der Waals surface area contributed by atoms with Crippen molar-refractivity contribution in [3.63, 3.8) is 0 Å². The normalized spacial score (nSPS) is 27.7. The third-order valence-electron chi connectivity index (χ3n) is 4.86. The summed E-state index contributed by atoms with van der Waals surface area (Å²) < 4.78 is 37.4. The lowest BCUT2D eigenvalue weighted by molar-refractivity contribution is -0.157. The number of rotatable bonds is 4. The van der Waals surface area contributed by atoms with Gasteiger partial charge in [0.15, 0.2) is 0 Å². The molecule has 0 aromatic heterocycles. The van der Waals surface area contributed by atoms with E-state index in [1.54, 1.807) is 0 Å². The third kappa shape index (κ3) is 2.67. The Morgan fingerprint density at radius 2 is 2.25 bits per heavy atom. The van der Waals surface area contributed by atoms with Crippen molar-refractivity contribution in [2.24, 2.45) is 11.3 Å². The zero-order valence-corrected chi connectivity index (χ0v) is 14.6. The molecule has 7 nitrogen and oxygen atoms in total. The van der Waals surface area contributed by atoms with E-state index in [4.69, 9.17) is 21.1 Å². The van der Waals surface area contributed by atoms with Gasteiger partial charge in [-0.2, -0.15) is 4.31 Å². The molecule has 132 valence electrons. The molecule has 24 heavy (non-hydrogen) atoms. The molecule has 2 heterocycles. The summed E-state index contributed by atoms with van der Waals surface area (Å²) in [6.45, 7) is 0.646. The lowest BCUT2D eigenvalue weighted by atomic mass is 9.74. The fourth-order valence-electron chi connectivity index (χ4n) is 3.39. The van der Waals surface area contributed by atoms with Crippen molar-refractivity contribution in [1.29, 1.82) is 0 Å². The molecule has 2 aliphatic rings. The van der Waals surface area contributed by atoms with Gasteiger partial charge in [0.05, 0.1) is 29.0 Å². The van der Waals surface area contributed by atoms with Crippen LogP contribution >= 0.6 is 11.6 Å². The molecule has 0 aliphatic carbocycles. The van der Waals surface area contributed by atoms with Gasteiger partial charge in [0, 0.05) is 25.6 Å². The molecule has 0 radical (unpaired) electrons. The van der Waals surface area contributed by atoms with E-state index >= 15 is 0 Å². The van der Waals surface area contributed by atoms with E-state index in [0.717, 1.165) is 0 Å². The maximum Gasteiger partial charge on any atom is 0.311 e. The van der Waals surface area contributed by atoms with Crippen LogP contribution in [0.5, 0.6) is 5.75 Å². The first-order chi connectivity index (χ1) is 11.3. The van der Waals surface area contributed by atoms with Crippen molar-refractivity contribution >= 4 is 27.6 Å². The Morgan fingerprint density at radius 1 is 1.50 bits per heavy atom. The zero-order valence-electron chi connectivity index (χ0n) is 13.1. The number of ether oxygens (including phenoxy) is 2. The Balaban J connectivity index is 1.94. The molecular weight excluding hydrogens is 358 g/mol. The van der Waals surface area contributed by atoms with Crippen LogP contribution in [0.25, 0.3) is 0 Å². The molecule has 0 saturated carbocycles. The first kappa shape index (κ1) is 17.5. The molecular formula is C15H18ClNO6S. The molecule has 1 N–H and O–H groups in total. The number of hydrogen-bond acceptors (Lipinski definition) is 5. The second kappa shape index (κ2) is 6.18. The van der Waals surface area contributed by atoms with Gasteiger partial charge in [-0.15, -0.1) is 0 Å². The average molecular weight is 376 g/mol. The fraction of sp³-hybridized carbons (Fsp3) is 0.533. The second-order valence-electron chi connectivity index (χ2n) is 6.08. The fourth-order valence-corrected chi connectivity index (χ4v) is 5.30. The van der Waals surface area contributed by atoms with Gasteiger partial charge in [0.1, 0.15) is 5.75 Å². The summed E-state index contributed by atoms with van der Waals surface area (Å²) in [6, 6.07) is 4.21. The standard InChI is InChI=1S/C15H18ClNO6S/c1-22-13-3-2-11(6-12(13)16)24(20,21)17-7-10-8-23-5-4-15(10,9-17)14(18)19/h2-3,6,10H,4-5,7-9H2,1H3,(H,18,19)/t10-,15+/m1/s1. The highest BCUT2D eigenvalue weighted by Crippen LogP contribution is 2.44. The van der Waals surface area contributed by atoms with Crippen LogP contribution < -0.4 is 4.74 Å². The molecule has 0 amide bonds. The summed E-state index contributed by atoms with van der Waals surface area (Å²) in [5.74, 6) is -0.949. The maximum atomic E-state index is 12.9. The molecule has 1 aromatic rings. The largest absolute Gasteiger partial charge is 0.495 e. The van der Waals surface area contributed by atoms with Crippen molar-refractivity contribution in [2.45, 2.75) is 11.3 Å². The van der Waals surface area contributed by atoms with Gasteiger partial charge < -0.3 is 14.6 Å². The number of carbonyl (C=O) groups is 1. The molecule has 0 bridgehead atoms. The number of benzene rings is 1. The highest BCUT2D eigenvalue weighted by Gasteiger charge is 2.56. The summed E-state index contributed by atoms with van der Waals surface area (Å²) in [5, 5.41) is 9.84. The van der Waals surface area contributed by atoms with Gasteiger partial charge in [-0.1, -0.05) is 11.6 Å². The number of fused-ring (bicyclic) bond motifs is 1. The van der Waals surface area contributed by atoms with Crippen molar-refractivity contribution in [1.82, 2.24) is 4.31 Å². The number of carboxylic acids is 1. The summed E-state index contributed by atoms with van der Waals surface area (Å²) in [4.78, 5) is 11.8. The van der Waals surface area contributed by atoms with Crippen molar-refractivity contribution < 1.29 is 27.8 Å². The van der Waals surface area contributed by atoms with Crippen LogP contribution in [0, 0.1) is 11.3 Å².